The SMILES string of the molecule is O=P(c1ccccc1)(c1ccccc1)c1ccc2nc3n(c2c1)-c1c(ccc2cc(-c4ccc(P(=O)(c5ccccc5)c5ccc6ccccc6n5)cn4)ccc12)C1=CC=CC=CC13. The second-order valence-corrected chi connectivity index (χ2v) is 21.7. The molecule has 2 atom stereocenters. The molecule has 0 fully saturated rings. The second-order valence-electron chi connectivity index (χ2n) is 16.2. The molecule has 4 heterocycles. The highest BCUT2D eigenvalue weighted by atomic mass is 31.2. The van der Waals surface area contributed by atoms with Crippen LogP contribution in [0.4, 0.5) is 0 Å². The highest BCUT2D eigenvalue weighted by Gasteiger charge is 2.35. The van der Waals surface area contributed by atoms with Gasteiger partial charge in [-0.1, -0.05) is 170 Å². The Bertz CT molecular complexity index is 3630. The van der Waals surface area contributed by atoms with Crippen LogP contribution in [0.3, 0.4) is 0 Å². The van der Waals surface area contributed by atoms with Crippen LogP contribution < -0.4 is 32.0 Å². The zero-order valence-corrected chi connectivity index (χ0v) is 36.2. The van der Waals surface area contributed by atoms with Gasteiger partial charge in [-0.2, -0.15) is 0 Å². The van der Waals surface area contributed by atoms with Crippen molar-refractivity contribution in [1.29, 1.82) is 0 Å². The van der Waals surface area contributed by atoms with E-state index >= 15 is 9.13 Å². The van der Waals surface area contributed by atoms with Gasteiger partial charge in [-0.05, 0) is 59.5 Å². The highest BCUT2D eigenvalue weighted by molar-refractivity contribution is 7.85. The number of imidazole rings is 1. The molecule has 1 aliphatic carbocycles. The summed E-state index contributed by atoms with van der Waals surface area (Å²) in [5, 5.41) is 6.76. The minimum Gasteiger partial charge on any atom is -0.309 e. The monoisotopic (exact) mass is 860 g/mol. The molecule has 64 heavy (non-hydrogen) atoms. The lowest BCUT2D eigenvalue weighted by molar-refractivity contribution is 0.591. The van der Waals surface area contributed by atoms with Gasteiger partial charge in [0.15, 0.2) is 14.3 Å². The highest BCUT2D eigenvalue weighted by Crippen LogP contribution is 2.49. The third kappa shape index (κ3) is 5.98. The van der Waals surface area contributed by atoms with Crippen LogP contribution in [-0.4, -0.2) is 19.5 Å². The van der Waals surface area contributed by atoms with Crippen molar-refractivity contribution in [3.63, 3.8) is 0 Å². The topological polar surface area (TPSA) is 77.7 Å². The molecule has 2 unspecified atom stereocenters. The zero-order chi connectivity index (χ0) is 42.8. The number of aromatic nitrogens is 4. The fourth-order valence-electron chi connectivity index (χ4n) is 9.51. The van der Waals surface area contributed by atoms with Crippen molar-refractivity contribution in [3.05, 3.63) is 236 Å². The lowest BCUT2D eigenvalue weighted by Gasteiger charge is -2.29. The van der Waals surface area contributed by atoms with Crippen LogP contribution in [0.1, 0.15) is 17.3 Å². The first kappa shape index (κ1) is 38.2. The van der Waals surface area contributed by atoms with Crippen molar-refractivity contribution in [2.24, 2.45) is 0 Å². The Morgan fingerprint density at radius 1 is 0.500 bits per heavy atom. The molecule has 0 saturated carbocycles. The van der Waals surface area contributed by atoms with Crippen molar-refractivity contribution < 1.29 is 9.13 Å². The minimum atomic E-state index is -3.37. The number of benzene rings is 7. The summed E-state index contributed by atoms with van der Waals surface area (Å²) < 4.78 is 33.3. The molecular formula is C56H38N4O2P2. The molecule has 0 bridgehead atoms. The Balaban J connectivity index is 0.999. The van der Waals surface area contributed by atoms with E-state index in [9.17, 15) is 0 Å². The number of nitrogens with zero attached hydrogens (tertiary/aromatic N) is 4. The average Bonchev–Trinajstić information content (AvgIpc) is 3.57. The van der Waals surface area contributed by atoms with Gasteiger partial charge in [0.1, 0.15) is 11.3 Å². The quantitative estimate of drug-likeness (QED) is 0.149. The molecule has 12 rings (SSSR count). The summed E-state index contributed by atoms with van der Waals surface area (Å²) in [4.78, 5) is 15.2. The van der Waals surface area contributed by atoms with Crippen LogP contribution in [0.2, 0.25) is 0 Å². The van der Waals surface area contributed by atoms with E-state index in [2.05, 4.69) is 71.3 Å². The fraction of sp³-hybridized carbons (Fsp3) is 0.0179. The summed E-state index contributed by atoms with van der Waals surface area (Å²) in [5.74, 6) is 0.835. The Labute approximate surface area is 370 Å². The lowest BCUT2D eigenvalue weighted by atomic mass is 9.85. The maximum atomic E-state index is 15.6. The molecule has 6 nitrogen and oxygen atoms in total. The van der Waals surface area contributed by atoms with Gasteiger partial charge in [0.05, 0.1) is 33.8 Å². The maximum absolute atomic E-state index is 15.6. The van der Waals surface area contributed by atoms with Gasteiger partial charge < -0.3 is 9.13 Å². The number of hydrogen-bond acceptors (Lipinski definition) is 5. The standard InChI is InChI=1S/C56H38N4O2P2/c61-63(41-16-5-1-6-17-41,42-18-7-2-8-19-42)44-28-33-52-53(36-44)60-55-46-30-26-40(35-39(46)25-31-48(55)47-22-11-4-12-23-49(47)56(60)59-52)50-32-29-45(37-57-50)64(62,43-20-9-3-10-21-43)54-34-27-38-15-13-14-24-51(38)58-54/h1-37,49H. The Kier molecular flexibility index (Phi) is 9.01. The predicted molar refractivity (Wildman–Crippen MR) is 265 cm³/mol. The summed E-state index contributed by atoms with van der Waals surface area (Å²) in [6.45, 7) is 0. The van der Waals surface area contributed by atoms with Crippen LogP contribution in [0.15, 0.2) is 225 Å². The Morgan fingerprint density at radius 2 is 1.19 bits per heavy atom. The Hall–Kier alpha value is -7.49. The van der Waals surface area contributed by atoms with E-state index in [1.165, 1.54) is 5.57 Å². The van der Waals surface area contributed by atoms with E-state index in [4.69, 9.17) is 15.0 Å². The number of para-hydroxylation sites is 1. The first-order valence-electron chi connectivity index (χ1n) is 21.3. The number of fused-ring (bicyclic) bond motifs is 11. The Morgan fingerprint density at radius 3 is 1.92 bits per heavy atom. The summed E-state index contributed by atoms with van der Waals surface area (Å²) >= 11 is 0. The fourth-order valence-corrected chi connectivity index (χ4v) is 14.6. The second kappa shape index (κ2) is 15.1. The molecule has 2 aliphatic rings. The van der Waals surface area contributed by atoms with Gasteiger partial charge in [-0.25, -0.2) is 9.97 Å². The number of hydrogen-bond donors (Lipinski definition) is 0. The average molecular weight is 861 g/mol. The van der Waals surface area contributed by atoms with E-state index < -0.39 is 14.3 Å². The predicted octanol–water partition coefficient (Wildman–Crippen LogP) is 10.7. The van der Waals surface area contributed by atoms with Crippen LogP contribution in [0.25, 0.3) is 55.2 Å². The molecule has 0 N–H and O–H groups in total. The van der Waals surface area contributed by atoms with E-state index in [0.29, 0.717) is 16.0 Å². The van der Waals surface area contributed by atoms with Crippen molar-refractivity contribution in [2.45, 2.75) is 5.92 Å². The van der Waals surface area contributed by atoms with E-state index in [0.717, 1.165) is 77.0 Å². The molecule has 0 amide bonds. The molecule has 0 radical (unpaired) electrons. The molecule has 8 heteroatoms. The van der Waals surface area contributed by atoms with E-state index in [-0.39, 0.29) is 5.92 Å². The molecule has 7 aromatic carbocycles. The van der Waals surface area contributed by atoms with Gasteiger partial charge in [-0.15, -0.1) is 0 Å². The molecule has 0 spiro atoms. The third-order valence-electron chi connectivity index (χ3n) is 12.6. The number of allylic oxidation sites excluding steroid dienone is 6. The molecule has 10 aromatic rings. The van der Waals surface area contributed by atoms with Crippen LogP contribution in [-0.2, 0) is 9.13 Å². The first-order chi connectivity index (χ1) is 31.5. The van der Waals surface area contributed by atoms with Crippen molar-refractivity contribution in [1.82, 2.24) is 19.5 Å². The third-order valence-corrected chi connectivity index (χ3v) is 18.6. The largest absolute Gasteiger partial charge is 0.309 e. The van der Waals surface area contributed by atoms with Crippen molar-refractivity contribution >= 4 is 84.5 Å². The van der Waals surface area contributed by atoms with Crippen molar-refractivity contribution in [3.8, 4) is 16.9 Å². The molecule has 3 aromatic heterocycles. The van der Waals surface area contributed by atoms with Gasteiger partial charge in [0.25, 0.3) is 0 Å². The lowest BCUT2D eigenvalue weighted by Crippen LogP contribution is -2.27. The van der Waals surface area contributed by atoms with Gasteiger partial charge >= 0.3 is 0 Å². The van der Waals surface area contributed by atoms with E-state index in [1.807, 2.05) is 152 Å². The first-order valence-corrected chi connectivity index (χ1v) is 24.8. The maximum Gasteiger partial charge on any atom is 0.190 e. The van der Waals surface area contributed by atoms with Crippen LogP contribution in [0.5, 0.6) is 0 Å². The molecular weight excluding hydrogens is 823 g/mol. The summed E-state index contributed by atoms with van der Waals surface area (Å²) in [5.41, 5.74) is 8.12. The van der Waals surface area contributed by atoms with Crippen molar-refractivity contribution in [2.75, 3.05) is 0 Å². The zero-order valence-electron chi connectivity index (χ0n) is 34.4. The molecule has 1 aliphatic heterocycles. The molecule has 304 valence electrons. The number of pyridine rings is 2. The number of rotatable bonds is 7. The molecule has 0 saturated heterocycles. The summed E-state index contributed by atoms with van der Waals surface area (Å²) in [7, 11) is -6.63. The van der Waals surface area contributed by atoms with Crippen LogP contribution in [0, 0.1) is 0 Å². The minimum absolute atomic E-state index is 0.0792. The summed E-state index contributed by atoms with van der Waals surface area (Å²) in [6.07, 6.45) is 12.4. The normalized spacial score (nSPS) is 15.2. The van der Waals surface area contributed by atoms with Gasteiger partial charge in [0, 0.05) is 54.6 Å². The van der Waals surface area contributed by atoms with Crippen LogP contribution >= 0.6 is 14.3 Å². The van der Waals surface area contributed by atoms with Gasteiger partial charge in [0.2, 0.25) is 0 Å². The van der Waals surface area contributed by atoms with Gasteiger partial charge in [-0.3, -0.25) is 9.55 Å². The smallest absolute Gasteiger partial charge is 0.190 e. The van der Waals surface area contributed by atoms with E-state index in [1.54, 1.807) is 6.20 Å². The summed E-state index contributed by atoms with van der Waals surface area (Å²) in [6, 6.07) is 61.9.